The smallest absolute Gasteiger partial charge is 0.0601 e. The monoisotopic (exact) mass is 388 g/mol. The minimum absolute atomic E-state index is 0.130. The van der Waals surface area contributed by atoms with E-state index in [0.29, 0.717) is 0 Å². The van der Waals surface area contributed by atoms with Crippen LogP contribution >= 0.6 is 11.8 Å². The molecule has 1 aliphatic heterocycles. The molecule has 2 nitrogen and oxygen atoms in total. The first-order chi connectivity index (χ1) is 13.1. The summed E-state index contributed by atoms with van der Waals surface area (Å²) in [6.07, 6.45) is 3.73. The number of rotatable bonds is 1. The third-order valence-corrected chi connectivity index (χ3v) is 6.37. The molecule has 0 bridgehead atoms. The fourth-order valence-corrected chi connectivity index (χ4v) is 4.65. The molecular weight excluding hydrogens is 360 g/mol. The van der Waals surface area contributed by atoms with Gasteiger partial charge in [0.05, 0.1) is 11.4 Å². The molecule has 0 aliphatic carbocycles. The molecule has 2 heterocycles. The third kappa shape index (κ3) is 3.44. The zero-order valence-corrected chi connectivity index (χ0v) is 18.4. The number of fused-ring (bicyclic) bond motifs is 2. The second-order valence-electron chi connectivity index (χ2n) is 9.51. The summed E-state index contributed by atoms with van der Waals surface area (Å²) in [6, 6.07) is 18.0. The summed E-state index contributed by atoms with van der Waals surface area (Å²) < 4.78 is 0. The van der Waals surface area contributed by atoms with Crippen molar-refractivity contribution in [3.63, 3.8) is 0 Å². The van der Waals surface area contributed by atoms with Crippen LogP contribution in [0.5, 0.6) is 0 Å². The number of benzene rings is 2. The maximum atomic E-state index is 4.21. The number of hydrogen-bond donors (Lipinski definition) is 0. The van der Waals surface area contributed by atoms with Crippen molar-refractivity contribution in [3.8, 4) is 0 Å². The van der Waals surface area contributed by atoms with Crippen LogP contribution in [-0.4, -0.2) is 4.98 Å². The van der Waals surface area contributed by atoms with Crippen LogP contribution in [0.2, 0.25) is 0 Å². The number of nitrogens with zero attached hydrogens (tertiary/aromatic N) is 2. The quantitative estimate of drug-likeness (QED) is 0.334. The number of hydrogen-bond acceptors (Lipinski definition) is 3. The first-order valence-electron chi connectivity index (χ1n) is 9.82. The van der Waals surface area contributed by atoms with Gasteiger partial charge in [-0.15, -0.1) is 0 Å². The predicted molar refractivity (Wildman–Crippen MR) is 120 cm³/mol. The number of aromatic nitrogens is 1. The molecule has 0 spiro atoms. The Labute approximate surface area is 173 Å². The van der Waals surface area contributed by atoms with E-state index in [1.807, 2.05) is 24.2 Å². The molecule has 3 heteroatoms. The summed E-state index contributed by atoms with van der Waals surface area (Å²) >= 11 is 1.88. The Hall–Kier alpha value is -2.26. The van der Waals surface area contributed by atoms with Crippen LogP contribution < -0.4 is 4.90 Å². The molecule has 28 heavy (non-hydrogen) atoms. The zero-order valence-electron chi connectivity index (χ0n) is 17.6. The molecule has 0 saturated heterocycles. The number of anilines is 3. The standard InChI is InChI=1S/C25H28N2S/c1-24(2,3)17-7-9-20-22(15-17)28-23-16-18(25(4,5)6)8-10-21(23)27(20)19-11-13-26-14-12-19/h7-16H,1-6H3. The van der Waals surface area contributed by atoms with Crippen LogP contribution in [-0.2, 0) is 10.8 Å². The van der Waals surface area contributed by atoms with Crippen molar-refractivity contribution in [2.24, 2.45) is 0 Å². The second kappa shape index (κ2) is 6.66. The van der Waals surface area contributed by atoms with Crippen molar-refractivity contribution < 1.29 is 0 Å². The Morgan fingerprint density at radius 2 is 1.14 bits per heavy atom. The normalized spacial score (nSPS) is 13.9. The molecule has 0 fully saturated rings. The average Bonchev–Trinajstić information content (AvgIpc) is 2.64. The predicted octanol–water partition coefficient (Wildman–Crippen LogP) is 7.61. The maximum Gasteiger partial charge on any atom is 0.0601 e. The van der Waals surface area contributed by atoms with Crippen LogP contribution in [0.25, 0.3) is 0 Å². The highest BCUT2D eigenvalue weighted by Gasteiger charge is 2.28. The second-order valence-corrected chi connectivity index (χ2v) is 10.6. The Bertz CT molecular complexity index is 947. The summed E-state index contributed by atoms with van der Waals surface area (Å²) in [5, 5.41) is 0. The molecule has 1 aromatic heterocycles. The SMILES string of the molecule is CC(C)(C)c1ccc2c(c1)Sc1cc(C(C)(C)C)ccc1N2c1ccncc1. The van der Waals surface area contributed by atoms with Crippen molar-refractivity contribution in [1.82, 2.24) is 4.98 Å². The van der Waals surface area contributed by atoms with E-state index < -0.39 is 0 Å². The van der Waals surface area contributed by atoms with Gasteiger partial charge in [-0.05, 0) is 58.4 Å². The van der Waals surface area contributed by atoms with Gasteiger partial charge in [0.1, 0.15) is 0 Å². The molecule has 2 aromatic carbocycles. The van der Waals surface area contributed by atoms with E-state index in [-0.39, 0.29) is 10.8 Å². The minimum Gasteiger partial charge on any atom is -0.308 e. The maximum absolute atomic E-state index is 4.21. The molecule has 0 unspecified atom stereocenters. The molecule has 0 amide bonds. The lowest BCUT2D eigenvalue weighted by Crippen LogP contribution is -2.18. The highest BCUT2D eigenvalue weighted by molar-refractivity contribution is 7.99. The van der Waals surface area contributed by atoms with Crippen LogP contribution in [0, 0.1) is 0 Å². The molecular formula is C25H28N2S. The topological polar surface area (TPSA) is 16.1 Å². The van der Waals surface area contributed by atoms with Crippen molar-refractivity contribution in [1.29, 1.82) is 0 Å². The van der Waals surface area contributed by atoms with Gasteiger partial charge in [0, 0.05) is 27.9 Å². The minimum atomic E-state index is 0.130. The molecule has 0 radical (unpaired) electrons. The van der Waals surface area contributed by atoms with E-state index in [0.717, 1.165) is 5.69 Å². The molecule has 0 N–H and O–H groups in total. The summed E-state index contributed by atoms with van der Waals surface area (Å²) in [5.74, 6) is 0. The Kier molecular flexibility index (Phi) is 4.54. The van der Waals surface area contributed by atoms with E-state index in [9.17, 15) is 0 Å². The van der Waals surface area contributed by atoms with Gasteiger partial charge >= 0.3 is 0 Å². The molecule has 0 atom stereocenters. The van der Waals surface area contributed by atoms with E-state index in [4.69, 9.17) is 0 Å². The van der Waals surface area contributed by atoms with E-state index >= 15 is 0 Å². The molecule has 0 saturated carbocycles. The molecule has 1 aliphatic rings. The average molecular weight is 389 g/mol. The summed E-state index contributed by atoms with van der Waals surface area (Å²) in [4.78, 5) is 9.19. The van der Waals surface area contributed by atoms with Crippen LogP contribution in [0.4, 0.5) is 17.1 Å². The first kappa shape index (κ1) is 19.1. The lowest BCUT2D eigenvalue weighted by atomic mass is 9.86. The van der Waals surface area contributed by atoms with Gasteiger partial charge in [0.2, 0.25) is 0 Å². The molecule has 4 rings (SSSR count). The Morgan fingerprint density at radius 1 is 0.679 bits per heavy atom. The van der Waals surface area contributed by atoms with Crippen LogP contribution in [0.3, 0.4) is 0 Å². The van der Waals surface area contributed by atoms with E-state index in [1.165, 1.54) is 32.3 Å². The van der Waals surface area contributed by atoms with E-state index in [1.54, 1.807) is 0 Å². The van der Waals surface area contributed by atoms with Gasteiger partial charge in [0.25, 0.3) is 0 Å². The Morgan fingerprint density at radius 3 is 1.57 bits per heavy atom. The highest BCUT2D eigenvalue weighted by Crippen LogP contribution is 2.52. The lowest BCUT2D eigenvalue weighted by molar-refractivity contribution is 0.588. The van der Waals surface area contributed by atoms with Gasteiger partial charge in [-0.1, -0.05) is 65.4 Å². The highest BCUT2D eigenvalue weighted by atomic mass is 32.2. The van der Waals surface area contributed by atoms with Gasteiger partial charge in [-0.3, -0.25) is 4.98 Å². The van der Waals surface area contributed by atoms with Crippen LogP contribution in [0.1, 0.15) is 52.7 Å². The van der Waals surface area contributed by atoms with Crippen molar-refractivity contribution in [3.05, 3.63) is 72.1 Å². The zero-order chi connectivity index (χ0) is 20.1. The van der Waals surface area contributed by atoms with Gasteiger partial charge < -0.3 is 4.90 Å². The van der Waals surface area contributed by atoms with Gasteiger partial charge in [-0.25, -0.2) is 0 Å². The van der Waals surface area contributed by atoms with E-state index in [2.05, 4.69) is 100.0 Å². The van der Waals surface area contributed by atoms with Crippen molar-refractivity contribution in [2.75, 3.05) is 4.90 Å². The lowest BCUT2D eigenvalue weighted by Gasteiger charge is -2.35. The molecule has 3 aromatic rings. The summed E-state index contributed by atoms with van der Waals surface area (Å²) in [5.41, 5.74) is 6.60. The number of pyridine rings is 1. The largest absolute Gasteiger partial charge is 0.308 e. The van der Waals surface area contributed by atoms with Gasteiger partial charge in [0.15, 0.2) is 0 Å². The van der Waals surface area contributed by atoms with Crippen molar-refractivity contribution in [2.45, 2.75) is 62.2 Å². The van der Waals surface area contributed by atoms with Crippen molar-refractivity contribution >= 4 is 28.8 Å². The molecule has 144 valence electrons. The van der Waals surface area contributed by atoms with Gasteiger partial charge in [-0.2, -0.15) is 0 Å². The van der Waals surface area contributed by atoms with Crippen LogP contribution in [0.15, 0.2) is 70.7 Å². The fraction of sp³-hybridized carbons (Fsp3) is 0.320. The third-order valence-electron chi connectivity index (χ3n) is 5.27. The first-order valence-corrected chi connectivity index (χ1v) is 10.6. The Balaban J connectivity index is 1.92. The summed E-state index contributed by atoms with van der Waals surface area (Å²) in [6.45, 7) is 13.6. The summed E-state index contributed by atoms with van der Waals surface area (Å²) in [7, 11) is 0. The fourth-order valence-electron chi connectivity index (χ4n) is 3.51.